The average Bonchev–Trinajstić information content (AvgIpc) is 2.92. The van der Waals surface area contributed by atoms with Crippen molar-refractivity contribution < 1.29 is 27.9 Å². The number of halogens is 1. The third-order valence-electron chi connectivity index (χ3n) is 4.26. The van der Waals surface area contributed by atoms with Gasteiger partial charge in [0.1, 0.15) is 6.07 Å². The molecule has 1 amide bonds. The summed E-state index contributed by atoms with van der Waals surface area (Å²) in [6.07, 6.45) is -2.60. The molecular weight excluding hydrogens is 372 g/mol. The van der Waals surface area contributed by atoms with E-state index in [1.54, 1.807) is 12.1 Å². The standard InChI is InChI=1S/C15H15ClN2O6S/c16-10-3-1-2-4-11(10)25(22,23)9-7-12(19)15(8-9,13(18)20)14(21)24-6-5-17/h1-4,9,12,19H,6-8H2,(H2,18,20)/t9-,12+,15+/m1/s1. The Labute approximate surface area is 149 Å². The summed E-state index contributed by atoms with van der Waals surface area (Å²) in [6, 6.07) is 7.27. The Bertz CT molecular complexity index is 850. The third-order valence-corrected chi connectivity index (χ3v) is 6.91. The van der Waals surface area contributed by atoms with Crippen LogP contribution in [0.25, 0.3) is 0 Å². The number of amides is 1. The third kappa shape index (κ3) is 3.20. The van der Waals surface area contributed by atoms with E-state index in [9.17, 15) is 23.1 Å². The summed E-state index contributed by atoms with van der Waals surface area (Å²) in [6.45, 7) is -0.650. The molecule has 3 atom stereocenters. The lowest BCUT2D eigenvalue weighted by Crippen LogP contribution is -2.50. The number of rotatable bonds is 5. The molecule has 1 aliphatic rings. The number of carbonyl (C=O) groups is 2. The number of aliphatic hydroxyl groups excluding tert-OH is 1. The molecule has 25 heavy (non-hydrogen) atoms. The van der Waals surface area contributed by atoms with Crippen LogP contribution in [0.3, 0.4) is 0 Å². The number of ether oxygens (including phenoxy) is 1. The molecule has 1 fully saturated rings. The molecule has 1 aromatic carbocycles. The van der Waals surface area contributed by atoms with E-state index < -0.39 is 57.9 Å². The van der Waals surface area contributed by atoms with Gasteiger partial charge in [0.2, 0.25) is 5.91 Å². The number of nitrogens with two attached hydrogens (primary N) is 1. The van der Waals surface area contributed by atoms with E-state index in [4.69, 9.17) is 22.6 Å². The number of nitriles is 1. The zero-order valence-corrected chi connectivity index (χ0v) is 14.5. The first-order valence-electron chi connectivity index (χ1n) is 7.18. The summed E-state index contributed by atoms with van der Waals surface area (Å²) < 4.78 is 30.2. The highest BCUT2D eigenvalue weighted by Crippen LogP contribution is 2.44. The molecule has 2 rings (SSSR count). The second-order valence-electron chi connectivity index (χ2n) is 5.62. The van der Waals surface area contributed by atoms with E-state index in [2.05, 4.69) is 4.74 Å². The lowest BCUT2D eigenvalue weighted by Gasteiger charge is -2.26. The number of primary amides is 1. The molecule has 134 valence electrons. The SMILES string of the molecule is N#CCOC(=O)[C@@]1(C(N)=O)C[C@H](S(=O)(=O)c2ccccc2Cl)C[C@@H]1O. The Morgan fingerprint density at radius 1 is 1.44 bits per heavy atom. The van der Waals surface area contributed by atoms with Gasteiger partial charge in [-0.1, -0.05) is 23.7 Å². The summed E-state index contributed by atoms with van der Waals surface area (Å²) in [5, 5.41) is 17.5. The summed E-state index contributed by atoms with van der Waals surface area (Å²) in [4.78, 5) is 23.9. The van der Waals surface area contributed by atoms with Crippen LogP contribution < -0.4 is 5.73 Å². The number of sulfone groups is 1. The molecule has 1 aromatic rings. The number of esters is 1. The van der Waals surface area contributed by atoms with Crippen molar-refractivity contribution in [1.29, 1.82) is 5.26 Å². The molecule has 0 aromatic heterocycles. The Morgan fingerprint density at radius 3 is 2.64 bits per heavy atom. The van der Waals surface area contributed by atoms with E-state index in [0.717, 1.165) is 0 Å². The quantitative estimate of drug-likeness (QED) is 0.541. The first-order valence-corrected chi connectivity index (χ1v) is 9.11. The highest BCUT2D eigenvalue weighted by molar-refractivity contribution is 7.92. The smallest absolute Gasteiger partial charge is 0.325 e. The van der Waals surface area contributed by atoms with Gasteiger partial charge in [-0.3, -0.25) is 9.59 Å². The largest absolute Gasteiger partial charge is 0.449 e. The highest BCUT2D eigenvalue weighted by Gasteiger charge is 2.60. The zero-order valence-electron chi connectivity index (χ0n) is 12.9. The topological polar surface area (TPSA) is 148 Å². The van der Waals surface area contributed by atoms with Crippen LogP contribution >= 0.6 is 11.6 Å². The molecule has 0 heterocycles. The predicted octanol–water partition coefficient (Wildman–Crippen LogP) is 0.175. The monoisotopic (exact) mass is 386 g/mol. The normalized spacial score (nSPS) is 26.0. The number of hydrogen-bond acceptors (Lipinski definition) is 7. The summed E-state index contributed by atoms with van der Waals surface area (Å²) >= 11 is 5.93. The number of aliphatic hydroxyl groups is 1. The summed E-state index contributed by atoms with van der Waals surface area (Å²) in [5.74, 6) is -2.43. The minimum Gasteiger partial charge on any atom is -0.449 e. The van der Waals surface area contributed by atoms with Crippen LogP contribution in [0.2, 0.25) is 5.02 Å². The molecule has 10 heteroatoms. The number of benzene rings is 1. The van der Waals surface area contributed by atoms with E-state index in [1.807, 2.05) is 0 Å². The van der Waals surface area contributed by atoms with Gasteiger partial charge in [0.15, 0.2) is 21.9 Å². The van der Waals surface area contributed by atoms with Crippen LogP contribution in [-0.2, 0) is 24.2 Å². The summed E-state index contributed by atoms with van der Waals surface area (Å²) in [5.41, 5.74) is 3.04. The maximum Gasteiger partial charge on any atom is 0.325 e. The van der Waals surface area contributed by atoms with E-state index in [0.29, 0.717) is 0 Å². The lowest BCUT2D eigenvalue weighted by atomic mass is 9.83. The van der Waals surface area contributed by atoms with Gasteiger partial charge >= 0.3 is 5.97 Å². The van der Waals surface area contributed by atoms with Gasteiger partial charge in [0.05, 0.1) is 21.3 Å². The molecule has 0 bridgehead atoms. The van der Waals surface area contributed by atoms with Crippen LogP contribution in [0.15, 0.2) is 29.2 Å². The maximum atomic E-state index is 12.8. The Kier molecular flexibility index (Phi) is 5.37. The van der Waals surface area contributed by atoms with Gasteiger partial charge in [0, 0.05) is 0 Å². The molecule has 0 unspecified atom stereocenters. The van der Waals surface area contributed by atoms with Crippen molar-refractivity contribution in [2.45, 2.75) is 29.1 Å². The fourth-order valence-electron chi connectivity index (χ4n) is 2.93. The molecule has 8 nitrogen and oxygen atoms in total. The second-order valence-corrected chi connectivity index (χ2v) is 8.23. The minimum atomic E-state index is -4.03. The van der Waals surface area contributed by atoms with Crippen molar-refractivity contribution in [3.05, 3.63) is 29.3 Å². The molecule has 0 saturated heterocycles. The minimum absolute atomic E-state index is 0.0133. The first-order chi connectivity index (χ1) is 11.7. The average molecular weight is 387 g/mol. The molecule has 1 saturated carbocycles. The van der Waals surface area contributed by atoms with E-state index in [-0.39, 0.29) is 9.92 Å². The molecule has 0 radical (unpaired) electrons. The van der Waals surface area contributed by atoms with Crippen molar-refractivity contribution >= 4 is 33.3 Å². The van der Waals surface area contributed by atoms with Gasteiger partial charge in [-0.25, -0.2) is 8.42 Å². The number of carbonyl (C=O) groups excluding carboxylic acids is 2. The van der Waals surface area contributed by atoms with Crippen LogP contribution in [0.5, 0.6) is 0 Å². The van der Waals surface area contributed by atoms with Crippen LogP contribution in [0, 0.1) is 16.7 Å². The van der Waals surface area contributed by atoms with Gasteiger partial charge in [0.25, 0.3) is 0 Å². The maximum absolute atomic E-state index is 12.8. The first kappa shape index (κ1) is 19.2. The van der Waals surface area contributed by atoms with Crippen molar-refractivity contribution in [3.63, 3.8) is 0 Å². The van der Waals surface area contributed by atoms with Gasteiger partial charge in [-0.2, -0.15) is 5.26 Å². The van der Waals surface area contributed by atoms with Gasteiger partial charge < -0.3 is 15.6 Å². The Balaban J connectivity index is 2.42. The van der Waals surface area contributed by atoms with Gasteiger partial charge in [-0.15, -0.1) is 0 Å². The second kappa shape index (κ2) is 7.00. The summed E-state index contributed by atoms with van der Waals surface area (Å²) in [7, 11) is -4.03. The zero-order chi connectivity index (χ0) is 18.8. The van der Waals surface area contributed by atoms with Crippen molar-refractivity contribution in [3.8, 4) is 6.07 Å². The van der Waals surface area contributed by atoms with E-state index in [1.165, 1.54) is 18.2 Å². The van der Waals surface area contributed by atoms with Crippen molar-refractivity contribution in [1.82, 2.24) is 0 Å². The molecular formula is C15H15ClN2O6S. The van der Waals surface area contributed by atoms with Gasteiger partial charge in [-0.05, 0) is 25.0 Å². The van der Waals surface area contributed by atoms with Crippen LogP contribution in [0.1, 0.15) is 12.8 Å². The molecule has 0 spiro atoms. The fourth-order valence-corrected chi connectivity index (χ4v) is 5.27. The molecule has 3 N–H and O–H groups in total. The highest BCUT2D eigenvalue weighted by atomic mass is 35.5. The van der Waals surface area contributed by atoms with Crippen LogP contribution in [0.4, 0.5) is 0 Å². The Hall–Kier alpha value is -2.15. The number of nitrogens with zero attached hydrogens (tertiary/aromatic N) is 1. The molecule has 0 aliphatic heterocycles. The van der Waals surface area contributed by atoms with Crippen molar-refractivity contribution in [2.75, 3.05) is 6.61 Å². The van der Waals surface area contributed by atoms with E-state index >= 15 is 0 Å². The number of hydrogen-bond donors (Lipinski definition) is 2. The fraction of sp³-hybridized carbons (Fsp3) is 0.400. The predicted molar refractivity (Wildman–Crippen MR) is 85.9 cm³/mol. The van der Waals surface area contributed by atoms with Crippen LogP contribution in [-0.4, -0.2) is 43.4 Å². The Morgan fingerprint density at radius 2 is 2.08 bits per heavy atom. The molecule has 1 aliphatic carbocycles. The lowest BCUT2D eigenvalue weighted by molar-refractivity contribution is -0.165. The van der Waals surface area contributed by atoms with Crippen molar-refractivity contribution in [2.24, 2.45) is 11.1 Å².